The normalized spacial score (nSPS) is 17.6. The molecule has 208 valence electrons. The first-order valence-corrected chi connectivity index (χ1v) is 13.3. The third-order valence-electron chi connectivity index (χ3n) is 7.64. The third-order valence-corrected chi connectivity index (χ3v) is 7.64. The van der Waals surface area contributed by atoms with Crippen LogP contribution in [0.1, 0.15) is 59.4 Å². The van der Waals surface area contributed by atoms with Crippen molar-refractivity contribution in [3.8, 4) is 12.3 Å². The van der Waals surface area contributed by atoms with Crippen LogP contribution in [-0.4, -0.2) is 77.7 Å². The summed E-state index contributed by atoms with van der Waals surface area (Å²) in [5.74, 6) is -0.884. The molecular weight excluding hydrogens is 490 g/mol. The fraction of sp³-hybridized carbons (Fsp3) is 0.679. The van der Waals surface area contributed by atoms with Crippen LogP contribution in [0, 0.1) is 40.3 Å². The van der Waals surface area contributed by atoms with Crippen molar-refractivity contribution in [2.45, 2.75) is 71.6 Å². The molecule has 3 rings (SSSR count). The second kappa shape index (κ2) is 12.2. The van der Waals surface area contributed by atoms with Gasteiger partial charge in [0, 0.05) is 51.4 Å². The van der Waals surface area contributed by atoms with Gasteiger partial charge in [0.1, 0.15) is 22.9 Å². The lowest BCUT2D eigenvalue weighted by Crippen LogP contribution is -2.59. The molecule has 2 aliphatic rings. The Morgan fingerprint density at radius 1 is 1.03 bits per heavy atom. The fourth-order valence-electron chi connectivity index (χ4n) is 5.44. The molecule has 0 radical (unpaired) electrons. The molecule has 2 fully saturated rings. The van der Waals surface area contributed by atoms with E-state index in [0.717, 1.165) is 12.8 Å². The molecule has 0 bridgehead atoms. The lowest BCUT2D eigenvalue weighted by atomic mass is 9.78. The van der Waals surface area contributed by atoms with E-state index in [1.54, 1.807) is 9.80 Å². The molecule has 1 amide bonds. The molecule has 10 heteroatoms. The summed E-state index contributed by atoms with van der Waals surface area (Å²) < 4.78 is 35.6. The molecule has 0 unspecified atom stereocenters. The molecule has 2 heterocycles. The van der Waals surface area contributed by atoms with Gasteiger partial charge in [-0.1, -0.05) is 0 Å². The summed E-state index contributed by atoms with van der Waals surface area (Å²) in [5.41, 5.74) is -0.295. The average molecular weight is 531 g/mol. The maximum Gasteiger partial charge on any atom is 0.410 e. The highest BCUT2D eigenvalue weighted by Gasteiger charge is 2.40. The van der Waals surface area contributed by atoms with E-state index >= 15 is 8.78 Å². The molecule has 0 aliphatic carbocycles. The van der Waals surface area contributed by atoms with Crippen LogP contribution in [-0.2, 0) is 11.3 Å². The van der Waals surface area contributed by atoms with Gasteiger partial charge < -0.3 is 19.4 Å². The number of anilines is 1. The second-order valence-electron chi connectivity index (χ2n) is 11.7. The minimum absolute atomic E-state index is 0.0302. The van der Waals surface area contributed by atoms with Gasteiger partial charge in [0.2, 0.25) is 0 Å². The molecule has 0 N–H and O–H groups in total. The van der Waals surface area contributed by atoms with E-state index in [1.165, 1.54) is 17.0 Å². The van der Waals surface area contributed by atoms with Gasteiger partial charge in [0.25, 0.3) is 0 Å². The van der Waals surface area contributed by atoms with Crippen molar-refractivity contribution in [1.29, 1.82) is 10.5 Å². The van der Waals surface area contributed by atoms with Gasteiger partial charge in [0.15, 0.2) is 6.19 Å². The molecule has 0 atom stereocenters. The van der Waals surface area contributed by atoms with Crippen molar-refractivity contribution < 1.29 is 18.3 Å². The SMILES string of the molecule is CC(C)(C)OC(=O)N1CCC(C(C)(C)N2CCN(c3c(F)cc(CN(C#N)CCC#N)cc3F)CC2)CC1. The standard InChI is InChI=1S/C28H40F2N6O2/c1-27(2,3)38-26(37)35-11-7-22(8-12-35)28(4,5)36-15-13-34(14-16-36)25-23(29)17-21(18-24(25)30)19-33(20-32)10-6-9-31/h17-18,22H,6-8,10-16,19H2,1-5H3. The Morgan fingerprint density at radius 3 is 2.11 bits per heavy atom. The minimum Gasteiger partial charge on any atom is -0.444 e. The van der Waals surface area contributed by atoms with Crippen LogP contribution in [0.4, 0.5) is 19.3 Å². The number of piperidine rings is 1. The number of halogens is 2. The summed E-state index contributed by atoms with van der Waals surface area (Å²) >= 11 is 0. The van der Waals surface area contributed by atoms with Crippen molar-refractivity contribution in [3.05, 3.63) is 29.3 Å². The van der Waals surface area contributed by atoms with E-state index in [0.29, 0.717) is 50.7 Å². The Morgan fingerprint density at radius 2 is 1.61 bits per heavy atom. The molecule has 38 heavy (non-hydrogen) atoms. The van der Waals surface area contributed by atoms with Crippen LogP contribution in [0.2, 0.25) is 0 Å². The summed E-state index contributed by atoms with van der Waals surface area (Å²) in [5, 5.41) is 17.9. The number of hydrogen-bond acceptors (Lipinski definition) is 7. The van der Waals surface area contributed by atoms with Crippen LogP contribution in [0.15, 0.2) is 12.1 Å². The number of carbonyl (C=O) groups is 1. The van der Waals surface area contributed by atoms with Gasteiger partial charge >= 0.3 is 6.09 Å². The molecule has 0 spiro atoms. The first-order valence-electron chi connectivity index (χ1n) is 13.3. The summed E-state index contributed by atoms with van der Waals surface area (Å²) in [6.45, 7) is 14.0. The van der Waals surface area contributed by atoms with Crippen molar-refractivity contribution in [1.82, 2.24) is 14.7 Å². The van der Waals surface area contributed by atoms with Gasteiger partial charge in [-0.15, -0.1) is 0 Å². The molecule has 1 aromatic rings. The zero-order chi connectivity index (χ0) is 28.1. The predicted octanol–water partition coefficient (Wildman–Crippen LogP) is 4.71. The first-order chi connectivity index (χ1) is 17.9. The number of piperazine rings is 1. The van der Waals surface area contributed by atoms with Gasteiger partial charge in [0.05, 0.1) is 19.0 Å². The predicted molar refractivity (Wildman–Crippen MR) is 141 cm³/mol. The number of nitrogens with zero attached hydrogens (tertiary/aromatic N) is 6. The lowest BCUT2D eigenvalue weighted by molar-refractivity contribution is -0.00191. The maximum absolute atomic E-state index is 15.0. The molecule has 1 aromatic carbocycles. The number of benzene rings is 1. The van der Waals surface area contributed by atoms with Crippen LogP contribution < -0.4 is 4.90 Å². The Kier molecular flexibility index (Phi) is 9.43. The van der Waals surface area contributed by atoms with Crippen LogP contribution in [0.25, 0.3) is 0 Å². The zero-order valence-corrected chi connectivity index (χ0v) is 23.3. The Bertz CT molecular complexity index is 1040. The molecule has 0 aromatic heterocycles. The van der Waals surface area contributed by atoms with Crippen molar-refractivity contribution in [2.75, 3.05) is 50.7 Å². The Labute approximate surface area is 225 Å². The maximum atomic E-state index is 15.0. The number of rotatable bonds is 7. The first kappa shape index (κ1) is 29.4. The number of nitriles is 2. The highest BCUT2D eigenvalue weighted by Crippen LogP contribution is 2.35. The van der Waals surface area contributed by atoms with Gasteiger partial charge in [-0.05, 0) is 71.1 Å². The number of hydrogen-bond donors (Lipinski definition) is 0. The largest absolute Gasteiger partial charge is 0.444 e. The monoisotopic (exact) mass is 530 g/mol. The zero-order valence-electron chi connectivity index (χ0n) is 23.3. The molecular formula is C28H40F2N6O2. The topological polar surface area (TPSA) is 86.8 Å². The van der Waals surface area contributed by atoms with Crippen LogP contribution in [0.3, 0.4) is 0 Å². The Balaban J connectivity index is 1.57. The third kappa shape index (κ3) is 7.26. The van der Waals surface area contributed by atoms with E-state index in [-0.39, 0.29) is 36.8 Å². The quantitative estimate of drug-likeness (QED) is 0.373. The summed E-state index contributed by atoms with van der Waals surface area (Å²) in [6, 6.07) is 4.53. The van der Waals surface area contributed by atoms with E-state index in [2.05, 4.69) is 18.7 Å². The van der Waals surface area contributed by atoms with Crippen molar-refractivity contribution >= 4 is 11.8 Å². The average Bonchev–Trinajstić information content (AvgIpc) is 2.85. The highest BCUT2D eigenvalue weighted by atomic mass is 19.1. The Hall–Kier alpha value is -3.11. The van der Waals surface area contributed by atoms with E-state index in [1.807, 2.05) is 33.0 Å². The van der Waals surface area contributed by atoms with E-state index in [4.69, 9.17) is 10.00 Å². The fourth-order valence-corrected chi connectivity index (χ4v) is 5.44. The van der Waals surface area contributed by atoms with E-state index in [9.17, 15) is 10.1 Å². The highest BCUT2D eigenvalue weighted by molar-refractivity contribution is 5.68. The molecule has 0 saturated carbocycles. The lowest BCUT2D eigenvalue weighted by Gasteiger charge is -2.50. The number of ether oxygens (including phenoxy) is 1. The molecule has 2 aliphatic heterocycles. The van der Waals surface area contributed by atoms with E-state index < -0.39 is 17.2 Å². The minimum atomic E-state index is -0.639. The number of amides is 1. The number of carbonyl (C=O) groups excluding carboxylic acids is 1. The van der Waals surface area contributed by atoms with Gasteiger partial charge in [-0.2, -0.15) is 10.5 Å². The summed E-state index contributed by atoms with van der Waals surface area (Å²) in [4.78, 5) is 19.7. The summed E-state index contributed by atoms with van der Waals surface area (Å²) in [7, 11) is 0. The molecule has 2 saturated heterocycles. The van der Waals surface area contributed by atoms with Crippen LogP contribution >= 0.6 is 0 Å². The van der Waals surface area contributed by atoms with Gasteiger partial charge in [-0.3, -0.25) is 4.90 Å². The second-order valence-corrected chi connectivity index (χ2v) is 11.7. The molecule has 8 nitrogen and oxygen atoms in total. The van der Waals surface area contributed by atoms with Gasteiger partial charge in [-0.25, -0.2) is 13.6 Å². The van der Waals surface area contributed by atoms with Crippen LogP contribution in [0.5, 0.6) is 0 Å². The number of likely N-dealkylation sites (tertiary alicyclic amines) is 1. The smallest absolute Gasteiger partial charge is 0.410 e. The summed E-state index contributed by atoms with van der Waals surface area (Å²) in [6.07, 6.45) is 3.62. The van der Waals surface area contributed by atoms with Crippen molar-refractivity contribution in [3.63, 3.8) is 0 Å². The van der Waals surface area contributed by atoms with Crippen molar-refractivity contribution in [2.24, 2.45) is 5.92 Å².